The SMILES string of the molecule is CC(C)NCCC(C)(C)C1CCCC1. The lowest BCUT2D eigenvalue weighted by Crippen LogP contribution is -2.30. The minimum absolute atomic E-state index is 0.554. The van der Waals surface area contributed by atoms with Crippen molar-refractivity contribution in [2.75, 3.05) is 6.54 Å². The lowest BCUT2D eigenvalue weighted by molar-refractivity contribution is 0.196. The molecule has 0 spiro atoms. The standard InChI is InChI=1S/C13H27N/c1-11(2)14-10-9-13(3,4)12-7-5-6-8-12/h11-12,14H,5-10H2,1-4H3. The van der Waals surface area contributed by atoms with Crippen LogP contribution in [-0.2, 0) is 0 Å². The Labute approximate surface area is 89.7 Å². The summed E-state index contributed by atoms with van der Waals surface area (Å²) in [6.07, 6.45) is 7.19. The van der Waals surface area contributed by atoms with E-state index in [4.69, 9.17) is 0 Å². The molecule has 0 aliphatic heterocycles. The van der Waals surface area contributed by atoms with E-state index in [-0.39, 0.29) is 0 Å². The molecule has 0 aromatic rings. The van der Waals surface area contributed by atoms with Crippen molar-refractivity contribution in [3.8, 4) is 0 Å². The molecule has 0 amide bonds. The van der Waals surface area contributed by atoms with Crippen LogP contribution in [0.25, 0.3) is 0 Å². The molecule has 84 valence electrons. The zero-order chi connectivity index (χ0) is 10.6. The summed E-state index contributed by atoms with van der Waals surface area (Å²) < 4.78 is 0. The van der Waals surface area contributed by atoms with Crippen LogP contribution in [-0.4, -0.2) is 12.6 Å². The normalized spacial score (nSPS) is 19.5. The molecule has 14 heavy (non-hydrogen) atoms. The highest BCUT2D eigenvalue weighted by molar-refractivity contribution is 4.82. The molecule has 1 aliphatic carbocycles. The fourth-order valence-electron chi connectivity index (χ4n) is 2.59. The predicted molar refractivity (Wildman–Crippen MR) is 63.5 cm³/mol. The first-order valence-corrected chi connectivity index (χ1v) is 6.26. The van der Waals surface area contributed by atoms with Crippen molar-refractivity contribution in [1.82, 2.24) is 5.32 Å². The quantitative estimate of drug-likeness (QED) is 0.710. The second-order valence-corrected chi connectivity index (χ2v) is 5.83. The highest BCUT2D eigenvalue weighted by Gasteiger charge is 2.30. The Kier molecular flexibility index (Phi) is 4.43. The second-order valence-electron chi connectivity index (χ2n) is 5.83. The number of nitrogens with one attached hydrogen (secondary N) is 1. The Morgan fingerprint density at radius 3 is 2.29 bits per heavy atom. The van der Waals surface area contributed by atoms with Crippen LogP contribution in [0.1, 0.15) is 59.8 Å². The molecule has 1 heteroatoms. The van der Waals surface area contributed by atoms with Crippen LogP contribution in [0.4, 0.5) is 0 Å². The lowest BCUT2D eigenvalue weighted by Gasteiger charge is -2.32. The van der Waals surface area contributed by atoms with Gasteiger partial charge in [0.05, 0.1) is 0 Å². The zero-order valence-electron chi connectivity index (χ0n) is 10.4. The molecule has 1 N–H and O–H groups in total. The van der Waals surface area contributed by atoms with E-state index in [1.165, 1.54) is 38.6 Å². The third-order valence-corrected chi connectivity index (χ3v) is 3.78. The molecule has 1 rings (SSSR count). The van der Waals surface area contributed by atoms with E-state index in [1.54, 1.807) is 0 Å². The van der Waals surface area contributed by atoms with Crippen LogP contribution < -0.4 is 5.32 Å². The molecule has 0 unspecified atom stereocenters. The van der Waals surface area contributed by atoms with Crippen LogP contribution in [0.5, 0.6) is 0 Å². The van der Waals surface area contributed by atoms with E-state index in [2.05, 4.69) is 33.0 Å². The maximum absolute atomic E-state index is 3.53. The van der Waals surface area contributed by atoms with Crippen LogP contribution in [0.2, 0.25) is 0 Å². The summed E-state index contributed by atoms with van der Waals surface area (Å²) in [5.41, 5.74) is 0.554. The Morgan fingerprint density at radius 1 is 1.21 bits per heavy atom. The second kappa shape index (κ2) is 5.16. The van der Waals surface area contributed by atoms with E-state index in [0.29, 0.717) is 11.5 Å². The molecule has 0 heterocycles. The van der Waals surface area contributed by atoms with Crippen molar-refractivity contribution in [3.05, 3.63) is 0 Å². The van der Waals surface area contributed by atoms with Crippen molar-refractivity contribution < 1.29 is 0 Å². The van der Waals surface area contributed by atoms with Crippen molar-refractivity contribution in [2.24, 2.45) is 11.3 Å². The maximum atomic E-state index is 3.53. The van der Waals surface area contributed by atoms with Crippen LogP contribution in [0.15, 0.2) is 0 Å². The van der Waals surface area contributed by atoms with E-state index in [0.717, 1.165) is 5.92 Å². The van der Waals surface area contributed by atoms with Gasteiger partial charge in [-0.25, -0.2) is 0 Å². The first-order chi connectivity index (χ1) is 6.52. The van der Waals surface area contributed by atoms with Gasteiger partial charge >= 0.3 is 0 Å². The summed E-state index contributed by atoms with van der Waals surface area (Å²) in [6, 6.07) is 0.634. The number of hydrogen-bond acceptors (Lipinski definition) is 1. The summed E-state index contributed by atoms with van der Waals surface area (Å²) in [5, 5.41) is 3.53. The summed E-state index contributed by atoms with van der Waals surface area (Å²) >= 11 is 0. The topological polar surface area (TPSA) is 12.0 Å². The van der Waals surface area contributed by atoms with Gasteiger partial charge in [-0.05, 0) is 37.1 Å². The fraction of sp³-hybridized carbons (Fsp3) is 1.00. The minimum Gasteiger partial charge on any atom is -0.315 e. The Hall–Kier alpha value is -0.0400. The molecule has 0 atom stereocenters. The van der Waals surface area contributed by atoms with Crippen molar-refractivity contribution in [1.29, 1.82) is 0 Å². The first kappa shape index (κ1) is 12.0. The first-order valence-electron chi connectivity index (χ1n) is 6.26. The van der Waals surface area contributed by atoms with E-state index < -0.39 is 0 Å². The van der Waals surface area contributed by atoms with Gasteiger partial charge in [0.2, 0.25) is 0 Å². The van der Waals surface area contributed by atoms with Crippen LogP contribution in [0.3, 0.4) is 0 Å². The van der Waals surface area contributed by atoms with Crippen LogP contribution in [0, 0.1) is 11.3 Å². The van der Waals surface area contributed by atoms with Gasteiger partial charge in [0, 0.05) is 6.04 Å². The molecule has 0 saturated heterocycles. The Morgan fingerprint density at radius 2 is 1.79 bits per heavy atom. The van der Waals surface area contributed by atoms with Gasteiger partial charge in [0.15, 0.2) is 0 Å². The van der Waals surface area contributed by atoms with E-state index in [1.807, 2.05) is 0 Å². The molecule has 1 saturated carbocycles. The number of hydrogen-bond donors (Lipinski definition) is 1. The summed E-state index contributed by atoms with van der Waals surface area (Å²) in [4.78, 5) is 0. The molecule has 0 aromatic carbocycles. The molecule has 0 aromatic heterocycles. The fourth-order valence-corrected chi connectivity index (χ4v) is 2.59. The average molecular weight is 197 g/mol. The van der Waals surface area contributed by atoms with E-state index >= 15 is 0 Å². The Balaban J connectivity index is 2.25. The number of rotatable bonds is 5. The zero-order valence-corrected chi connectivity index (χ0v) is 10.4. The van der Waals surface area contributed by atoms with Gasteiger partial charge in [0.1, 0.15) is 0 Å². The smallest absolute Gasteiger partial charge is 0.00103 e. The predicted octanol–water partition coefficient (Wildman–Crippen LogP) is 3.59. The van der Waals surface area contributed by atoms with Gasteiger partial charge in [-0.15, -0.1) is 0 Å². The molecule has 1 fully saturated rings. The highest BCUT2D eigenvalue weighted by Crippen LogP contribution is 2.41. The molecular weight excluding hydrogens is 170 g/mol. The Bertz CT molecular complexity index is 155. The maximum Gasteiger partial charge on any atom is 0.00103 e. The molecule has 0 bridgehead atoms. The minimum atomic E-state index is 0.554. The average Bonchev–Trinajstić information content (AvgIpc) is 2.54. The largest absolute Gasteiger partial charge is 0.315 e. The van der Waals surface area contributed by atoms with Crippen molar-refractivity contribution >= 4 is 0 Å². The molecule has 1 aliphatic rings. The highest BCUT2D eigenvalue weighted by atomic mass is 14.9. The van der Waals surface area contributed by atoms with Gasteiger partial charge in [-0.2, -0.15) is 0 Å². The third kappa shape index (κ3) is 3.61. The monoisotopic (exact) mass is 197 g/mol. The van der Waals surface area contributed by atoms with Crippen molar-refractivity contribution in [3.63, 3.8) is 0 Å². The van der Waals surface area contributed by atoms with Gasteiger partial charge < -0.3 is 5.32 Å². The summed E-state index contributed by atoms with van der Waals surface area (Å²) in [7, 11) is 0. The summed E-state index contributed by atoms with van der Waals surface area (Å²) in [6.45, 7) is 10.5. The van der Waals surface area contributed by atoms with Gasteiger partial charge in [-0.3, -0.25) is 0 Å². The van der Waals surface area contributed by atoms with E-state index in [9.17, 15) is 0 Å². The molecular formula is C13H27N. The van der Waals surface area contributed by atoms with Gasteiger partial charge in [0.25, 0.3) is 0 Å². The van der Waals surface area contributed by atoms with Crippen molar-refractivity contribution in [2.45, 2.75) is 65.8 Å². The third-order valence-electron chi connectivity index (χ3n) is 3.78. The van der Waals surface area contributed by atoms with Gasteiger partial charge in [-0.1, -0.05) is 40.5 Å². The van der Waals surface area contributed by atoms with Crippen LogP contribution >= 0.6 is 0 Å². The molecule has 0 radical (unpaired) electrons. The molecule has 1 nitrogen and oxygen atoms in total. The summed E-state index contributed by atoms with van der Waals surface area (Å²) in [5.74, 6) is 0.983. The lowest BCUT2D eigenvalue weighted by atomic mass is 9.75.